The van der Waals surface area contributed by atoms with Crippen LogP contribution in [0.5, 0.6) is 11.5 Å². The number of benzene rings is 2. The van der Waals surface area contributed by atoms with Crippen LogP contribution in [0.15, 0.2) is 53.6 Å². The summed E-state index contributed by atoms with van der Waals surface area (Å²) in [4.78, 5) is 23.9. The first kappa shape index (κ1) is 19.5. The predicted octanol–water partition coefficient (Wildman–Crippen LogP) is 4.26. The van der Waals surface area contributed by atoms with E-state index in [4.69, 9.17) is 9.47 Å². The van der Waals surface area contributed by atoms with Crippen LogP contribution in [-0.2, 0) is 9.59 Å². The molecule has 1 aliphatic rings. The minimum Gasteiger partial charge on any atom is -0.495 e. The molecule has 0 fully saturated rings. The van der Waals surface area contributed by atoms with Crippen molar-refractivity contribution < 1.29 is 24.2 Å². The number of carbonyl (C=O) groups is 2. The van der Waals surface area contributed by atoms with Crippen LogP contribution in [0.2, 0.25) is 0 Å². The number of ether oxygens (including phenoxy) is 2. The lowest BCUT2D eigenvalue weighted by Gasteiger charge is -2.13. The minimum atomic E-state index is -1.03. The summed E-state index contributed by atoms with van der Waals surface area (Å²) in [6.45, 7) is 2.52. The van der Waals surface area contributed by atoms with E-state index in [2.05, 4.69) is 5.32 Å². The highest BCUT2D eigenvalue weighted by atomic mass is 16.5. The summed E-state index contributed by atoms with van der Waals surface area (Å²) in [5.74, 6) is -0.132. The number of hydrogen-bond acceptors (Lipinski definition) is 4. The quantitative estimate of drug-likeness (QED) is 0.748. The molecule has 0 bridgehead atoms. The highest BCUT2D eigenvalue weighted by Crippen LogP contribution is 2.33. The third-order valence-corrected chi connectivity index (χ3v) is 4.68. The number of carboxylic acids is 1. The fraction of sp³-hybridized carbons (Fsp3) is 0.273. The lowest BCUT2D eigenvalue weighted by molar-refractivity contribution is -0.133. The van der Waals surface area contributed by atoms with Gasteiger partial charge in [-0.1, -0.05) is 18.2 Å². The third-order valence-electron chi connectivity index (χ3n) is 4.68. The lowest BCUT2D eigenvalue weighted by atomic mass is 10.0. The molecule has 0 aromatic heterocycles. The van der Waals surface area contributed by atoms with Gasteiger partial charge < -0.3 is 19.9 Å². The molecule has 0 heterocycles. The van der Waals surface area contributed by atoms with E-state index in [0.717, 1.165) is 16.9 Å². The van der Waals surface area contributed by atoms with E-state index >= 15 is 0 Å². The monoisotopic (exact) mass is 381 g/mol. The van der Waals surface area contributed by atoms with Crippen molar-refractivity contribution in [1.29, 1.82) is 0 Å². The number of rotatable bonds is 7. The van der Waals surface area contributed by atoms with Crippen LogP contribution in [-0.4, -0.2) is 30.7 Å². The number of nitrogens with one attached hydrogen (secondary N) is 1. The van der Waals surface area contributed by atoms with Gasteiger partial charge in [0.05, 0.1) is 19.4 Å². The summed E-state index contributed by atoms with van der Waals surface area (Å²) in [5, 5.41) is 12.0. The molecule has 2 aromatic rings. The highest BCUT2D eigenvalue weighted by Gasteiger charge is 2.25. The molecule has 0 radical (unpaired) electrons. The van der Waals surface area contributed by atoms with E-state index in [9.17, 15) is 14.7 Å². The zero-order valence-corrected chi connectivity index (χ0v) is 16.0. The summed E-state index contributed by atoms with van der Waals surface area (Å²) < 4.78 is 11.0. The Morgan fingerprint density at radius 3 is 2.54 bits per heavy atom. The maximum absolute atomic E-state index is 12.6. The average Bonchev–Trinajstić information content (AvgIpc) is 3.19. The zero-order chi connectivity index (χ0) is 20.1. The zero-order valence-electron chi connectivity index (χ0n) is 16.0. The molecule has 0 saturated carbocycles. The SMILES string of the molecule is CCOc1cccc(-c2ccc(NC(=O)C3=C(C(=O)O)CCC3)c(OC)c2)c1. The fourth-order valence-corrected chi connectivity index (χ4v) is 3.33. The van der Waals surface area contributed by atoms with E-state index < -0.39 is 5.97 Å². The van der Waals surface area contributed by atoms with Gasteiger partial charge in [-0.25, -0.2) is 4.79 Å². The molecule has 0 aliphatic heterocycles. The molecule has 0 atom stereocenters. The number of carboxylic acid groups (broad SMARTS) is 1. The smallest absolute Gasteiger partial charge is 0.332 e. The Morgan fingerprint density at radius 2 is 1.82 bits per heavy atom. The van der Waals surface area contributed by atoms with Gasteiger partial charge in [0.15, 0.2) is 0 Å². The first-order valence-electron chi connectivity index (χ1n) is 9.21. The van der Waals surface area contributed by atoms with Crippen LogP contribution >= 0.6 is 0 Å². The van der Waals surface area contributed by atoms with Gasteiger partial charge in [-0.3, -0.25) is 4.79 Å². The van der Waals surface area contributed by atoms with Gasteiger partial charge in [0.1, 0.15) is 11.5 Å². The Morgan fingerprint density at radius 1 is 1.07 bits per heavy atom. The second-order valence-corrected chi connectivity index (χ2v) is 6.45. The molecule has 0 spiro atoms. The summed E-state index contributed by atoms with van der Waals surface area (Å²) in [5.41, 5.74) is 2.92. The van der Waals surface area contributed by atoms with E-state index in [1.807, 2.05) is 43.3 Å². The molecule has 1 aliphatic carbocycles. The summed E-state index contributed by atoms with van der Waals surface area (Å²) in [6, 6.07) is 13.2. The Balaban J connectivity index is 1.86. The molecule has 0 unspecified atom stereocenters. The number of aliphatic carboxylic acids is 1. The number of hydrogen-bond donors (Lipinski definition) is 2. The molecular weight excluding hydrogens is 358 g/mol. The largest absolute Gasteiger partial charge is 0.495 e. The van der Waals surface area contributed by atoms with E-state index in [0.29, 0.717) is 42.9 Å². The number of anilines is 1. The van der Waals surface area contributed by atoms with Crippen molar-refractivity contribution in [2.75, 3.05) is 19.0 Å². The number of methoxy groups -OCH3 is 1. The van der Waals surface area contributed by atoms with Gasteiger partial charge in [-0.2, -0.15) is 0 Å². The second-order valence-electron chi connectivity index (χ2n) is 6.45. The van der Waals surface area contributed by atoms with Gasteiger partial charge >= 0.3 is 5.97 Å². The van der Waals surface area contributed by atoms with E-state index in [-0.39, 0.29) is 11.5 Å². The van der Waals surface area contributed by atoms with Crippen LogP contribution in [0.1, 0.15) is 26.2 Å². The molecule has 146 valence electrons. The number of amides is 1. The summed E-state index contributed by atoms with van der Waals surface area (Å²) in [7, 11) is 1.53. The minimum absolute atomic E-state index is 0.195. The first-order chi connectivity index (χ1) is 13.5. The average molecular weight is 381 g/mol. The molecule has 1 amide bonds. The predicted molar refractivity (Wildman–Crippen MR) is 107 cm³/mol. The maximum Gasteiger partial charge on any atom is 0.332 e. The molecule has 3 rings (SSSR count). The maximum atomic E-state index is 12.6. The molecule has 2 N–H and O–H groups in total. The molecule has 28 heavy (non-hydrogen) atoms. The summed E-state index contributed by atoms with van der Waals surface area (Å²) in [6.07, 6.45) is 1.57. The van der Waals surface area contributed by atoms with Crippen LogP contribution in [0, 0.1) is 0 Å². The Bertz CT molecular complexity index is 932. The normalized spacial score (nSPS) is 13.4. The Kier molecular flexibility index (Phi) is 5.99. The van der Waals surface area contributed by atoms with Gasteiger partial charge in [0.2, 0.25) is 0 Å². The highest BCUT2D eigenvalue weighted by molar-refractivity contribution is 6.09. The van der Waals surface area contributed by atoms with Crippen molar-refractivity contribution in [3.05, 3.63) is 53.6 Å². The fourth-order valence-electron chi connectivity index (χ4n) is 3.33. The van der Waals surface area contributed by atoms with Gasteiger partial charge in [0, 0.05) is 11.1 Å². The van der Waals surface area contributed by atoms with E-state index in [1.54, 1.807) is 6.07 Å². The van der Waals surface area contributed by atoms with Crippen LogP contribution in [0.3, 0.4) is 0 Å². The van der Waals surface area contributed by atoms with Gasteiger partial charge in [0.25, 0.3) is 5.91 Å². The Hall–Kier alpha value is -3.28. The van der Waals surface area contributed by atoms with Crippen molar-refractivity contribution in [3.8, 4) is 22.6 Å². The second kappa shape index (κ2) is 8.61. The molecule has 0 saturated heterocycles. The summed E-state index contributed by atoms with van der Waals surface area (Å²) >= 11 is 0. The van der Waals surface area contributed by atoms with Crippen LogP contribution in [0.4, 0.5) is 5.69 Å². The van der Waals surface area contributed by atoms with Crippen molar-refractivity contribution in [3.63, 3.8) is 0 Å². The van der Waals surface area contributed by atoms with Crippen molar-refractivity contribution in [2.45, 2.75) is 26.2 Å². The van der Waals surface area contributed by atoms with Gasteiger partial charge in [-0.05, 0) is 61.6 Å². The number of carbonyl (C=O) groups excluding carboxylic acids is 1. The van der Waals surface area contributed by atoms with Gasteiger partial charge in [-0.15, -0.1) is 0 Å². The topological polar surface area (TPSA) is 84.9 Å². The van der Waals surface area contributed by atoms with Crippen molar-refractivity contribution >= 4 is 17.6 Å². The van der Waals surface area contributed by atoms with Crippen molar-refractivity contribution in [2.24, 2.45) is 0 Å². The molecular formula is C22H23NO5. The van der Waals surface area contributed by atoms with Crippen LogP contribution in [0.25, 0.3) is 11.1 Å². The molecule has 6 heteroatoms. The van der Waals surface area contributed by atoms with E-state index in [1.165, 1.54) is 7.11 Å². The standard InChI is InChI=1S/C22H23NO5/c1-3-28-16-7-4-6-14(12-16)15-10-11-19(20(13-15)27-2)23-21(24)17-8-5-9-18(17)22(25)26/h4,6-7,10-13H,3,5,8-9H2,1-2H3,(H,23,24)(H,25,26). The third kappa shape index (κ3) is 4.17. The lowest BCUT2D eigenvalue weighted by Crippen LogP contribution is -2.16. The molecule has 2 aromatic carbocycles. The first-order valence-corrected chi connectivity index (χ1v) is 9.21. The van der Waals surface area contributed by atoms with Crippen LogP contribution < -0.4 is 14.8 Å². The molecule has 6 nitrogen and oxygen atoms in total. The van der Waals surface area contributed by atoms with Crippen molar-refractivity contribution in [1.82, 2.24) is 0 Å². The Labute approximate surface area is 163 Å².